The Bertz CT molecular complexity index is 439. The number of ether oxygens (including phenoxy) is 1. The van der Waals surface area contributed by atoms with Crippen LogP contribution in [0.5, 0.6) is 5.75 Å². The molecule has 0 unspecified atom stereocenters. The third-order valence-corrected chi connectivity index (χ3v) is 3.38. The molecule has 4 nitrogen and oxygen atoms in total. The minimum atomic E-state index is -2.96. The van der Waals surface area contributed by atoms with Crippen molar-refractivity contribution in [3.05, 3.63) is 29.8 Å². The maximum absolute atomic E-state index is 10.9. The average Bonchev–Trinajstić information content (AvgIpc) is 2.27. The van der Waals surface area contributed by atoms with E-state index in [1.54, 1.807) is 0 Å². The SMILES string of the molecule is CC[C@H](N)c1ccc(OCCS(C)(=O)=O)cc1. The lowest BCUT2D eigenvalue weighted by Crippen LogP contribution is -2.12. The highest BCUT2D eigenvalue weighted by Gasteiger charge is 2.04. The van der Waals surface area contributed by atoms with Gasteiger partial charge in [0, 0.05) is 12.3 Å². The first-order chi connectivity index (χ1) is 7.92. The van der Waals surface area contributed by atoms with Gasteiger partial charge in [0.25, 0.3) is 0 Å². The third-order valence-electron chi connectivity index (χ3n) is 2.47. The van der Waals surface area contributed by atoms with Gasteiger partial charge in [0.1, 0.15) is 12.4 Å². The van der Waals surface area contributed by atoms with Gasteiger partial charge in [-0.25, -0.2) is 8.42 Å². The Kier molecular flexibility index (Phi) is 4.96. The van der Waals surface area contributed by atoms with Gasteiger partial charge in [0.15, 0.2) is 9.84 Å². The highest BCUT2D eigenvalue weighted by Crippen LogP contribution is 2.18. The minimum Gasteiger partial charge on any atom is -0.493 e. The number of benzene rings is 1. The largest absolute Gasteiger partial charge is 0.493 e. The van der Waals surface area contributed by atoms with Gasteiger partial charge in [-0.2, -0.15) is 0 Å². The van der Waals surface area contributed by atoms with Crippen molar-refractivity contribution in [2.75, 3.05) is 18.6 Å². The lowest BCUT2D eigenvalue weighted by molar-refractivity contribution is 0.341. The van der Waals surface area contributed by atoms with E-state index in [1.807, 2.05) is 31.2 Å². The van der Waals surface area contributed by atoms with Crippen LogP contribution >= 0.6 is 0 Å². The van der Waals surface area contributed by atoms with Crippen LogP contribution < -0.4 is 10.5 Å². The quantitative estimate of drug-likeness (QED) is 0.839. The molecule has 1 atom stereocenters. The Labute approximate surface area is 103 Å². The van der Waals surface area contributed by atoms with Gasteiger partial charge in [0.2, 0.25) is 0 Å². The first kappa shape index (κ1) is 14.0. The molecule has 0 saturated heterocycles. The summed E-state index contributed by atoms with van der Waals surface area (Å²) in [5.74, 6) is 0.698. The fraction of sp³-hybridized carbons (Fsp3) is 0.500. The zero-order valence-corrected chi connectivity index (χ0v) is 11.0. The number of rotatable bonds is 6. The molecule has 0 aliphatic rings. The number of hydrogen-bond donors (Lipinski definition) is 1. The molecule has 96 valence electrons. The summed E-state index contributed by atoms with van der Waals surface area (Å²) in [6.07, 6.45) is 2.08. The third kappa shape index (κ3) is 5.19. The van der Waals surface area contributed by atoms with Crippen molar-refractivity contribution in [2.45, 2.75) is 19.4 Å². The van der Waals surface area contributed by atoms with Crippen LogP contribution in [0.25, 0.3) is 0 Å². The van der Waals surface area contributed by atoms with Crippen molar-refractivity contribution in [2.24, 2.45) is 5.73 Å². The van der Waals surface area contributed by atoms with Crippen molar-refractivity contribution in [1.29, 1.82) is 0 Å². The van der Waals surface area contributed by atoms with Crippen molar-refractivity contribution in [3.63, 3.8) is 0 Å². The van der Waals surface area contributed by atoms with E-state index < -0.39 is 9.84 Å². The van der Waals surface area contributed by atoms with E-state index in [4.69, 9.17) is 10.5 Å². The van der Waals surface area contributed by atoms with Gasteiger partial charge in [-0.1, -0.05) is 19.1 Å². The Balaban J connectivity index is 2.51. The standard InChI is InChI=1S/C12H19NO3S/c1-3-12(13)10-4-6-11(7-5-10)16-8-9-17(2,14)15/h4-7,12H,3,8-9,13H2,1-2H3/t12-/m0/s1. The van der Waals surface area contributed by atoms with Crippen LogP contribution in [0.2, 0.25) is 0 Å². The van der Waals surface area contributed by atoms with Crippen LogP contribution in [0.1, 0.15) is 24.9 Å². The molecule has 0 aliphatic heterocycles. The van der Waals surface area contributed by atoms with Gasteiger partial charge < -0.3 is 10.5 Å². The summed E-state index contributed by atoms with van der Waals surface area (Å²) in [4.78, 5) is 0. The number of nitrogens with two attached hydrogens (primary N) is 1. The molecular weight excluding hydrogens is 238 g/mol. The molecular formula is C12H19NO3S. The molecule has 0 amide bonds. The van der Waals surface area contributed by atoms with Crippen LogP contribution in [0.15, 0.2) is 24.3 Å². The molecule has 0 radical (unpaired) electrons. The second kappa shape index (κ2) is 6.02. The van der Waals surface area contributed by atoms with Crippen LogP contribution in [0, 0.1) is 0 Å². The van der Waals surface area contributed by atoms with Gasteiger partial charge in [-0.15, -0.1) is 0 Å². The zero-order valence-electron chi connectivity index (χ0n) is 10.2. The summed E-state index contributed by atoms with van der Waals surface area (Å²) in [6, 6.07) is 7.48. The van der Waals surface area contributed by atoms with Crippen LogP contribution in [-0.4, -0.2) is 27.0 Å². The van der Waals surface area contributed by atoms with Gasteiger partial charge in [0.05, 0.1) is 5.75 Å². The van der Waals surface area contributed by atoms with Crippen LogP contribution in [0.3, 0.4) is 0 Å². The van der Waals surface area contributed by atoms with E-state index in [0.29, 0.717) is 5.75 Å². The maximum Gasteiger partial charge on any atom is 0.150 e. The molecule has 0 bridgehead atoms. The summed E-state index contributed by atoms with van der Waals surface area (Å²) in [6.45, 7) is 2.21. The molecule has 0 aliphatic carbocycles. The van der Waals surface area contributed by atoms with Gasteiger partial charge >= 0.3 is 0 Å². The average molecular weight is 257 g/mol. The van der Waals surface area contributed by atoms with E-state index in [1.165, 1.54) is 6.26 Å². The second-order valence-electron chi connectivity index (χ2n) is 4.06. The predicted octanol–water partition coefficient (Wildman–Crippen LogP) is 1.52. The van der Waals surface area contributed by atoms with Crippen molar-refractivity contribution >= 4 is 9.84 Å². The summed E-state index contributed by atoms with van der Waals surface area (Å²) in [7, 11) is -2.96. The van der Waals surface area contributed by atoms with E-state index in [2.05, 4.69) is 0 Å². The molecule has 2 N–H and O–H groups in total. The summed E-state index contributed by atoms with van der Waals surface area (Å²) < 4.78 is 27.1. The Morgan fingerprint density at radius 2 is 1.88 bits per heavy atom. The molecule has 0 spiro atoms. The number of hydrogen-bond acceptors (Lipinski definition) is 4. The molecule has 1 aromatic carbocycles. The second-order valence-corrected chi connectivity index (χ2v) is 6.32. The number of sulfone groups is 1. The molecule has 0 heterocycles. The molecule has 1 rings (SSSR count). The Morgan fingerprint density at radius 1 is 1.29 bits per heavy atom. The van der Waals surface area contributed by atoms with Gasteiger partial charge in [-0.3, -0.25) is 0 Å². The minimum absolute atomic E-state index is 0.0310. The molecule has 17 heavy (non-hydrogen) atoms. The predicted molar refractivity (Wildman–Crippen MR) is 68.9 cm³/mol. The van der Waals surface area contributed by atoms with Crippen molar-refractivity contribution < 1.29 is 13.2 Å². The lowest BCUT2D eigenvalue weighted by Gasteiger charge is -2.10. The topological polar surface area (TPSA) is 69.4 Å². The molecule has 0 aromatic heterocycles. The van der Waals surface area contributed by atoms with Crippen molar-refractivity contribution in [3.8, 4) is 5.75 Å². The normalized spacial score (nSPS) is 13.4. The first-order valence-electron chi connectivity index (χ1n) is 5.58. The Morgan fingerprint density at radius 3 is 2.35 bits per heavy atom. The molecule has 1 aromatic rings. The molecule has 0 fully saturated rings. The maximum atomic E-state index is 10.9. The Hall–Kier alpha value is -1.07. The van der Waals surface area contributed by atoms with Crippen LogP contribution in [0.4, 0.5) is 0 Å². The fourth-order valence-electron chi connectivity index (χ4n) is 1.36. The summed E-state index contributed by atoms with van der Waals surface area (Å²) in [5.41, 5.74) is 6.94. The molecule has 0 saturated carbocycles. The van der Waals surface area contributed by atoms with E-state index >= 15 is 0 Å². The van der Waals surface area contributed by atoms with Crippen LogP contribution in [-0.2, 0) is 9.84 Å². The van der Waals surface area contributed by atoms with E-state index in [9.17, 15) is 8.42 Å². The van der Waals surface area contributed by atoms with E-state index in [-0.39, 0.29) is 18.4 Å². The van der Waals surface area contributed by atoms with E-state index in [0.717, 1.165) is 12.0 Å². The summed E-state index contributed by atoms with van der Waals surface area (Å²) in [5, 5.41) is 0. The fourth-order valence-corrected chi connectivity index (χ4v) is 1.74. The lowest BCUT2D eigenvalue weighted by atomic mass is 10.1. The highest BCUT2D eigenvalue weighted by atomic mass is 32.2. The highest BCUT2D eigenvalue weighted by molar-refractivity contribution is 7.90. The zero-order chi connectivity index (χ0) is 12.9. The summed E-state index contributed by atoms with van der Waals surface area (Å²) >= 11 is 0. The smallest absolute Gasteiger partial charge is 0.150 e. The monoisotopic (exact) mass is 257 g/mol. The van der Waals surface area contributed by atoms with Gasteiger partial charge in [-0.05, 0) is 24.1 Å². The van der Waals surface area contributed by atoms with Crippen molar-refractivity contribution in [1.82, 2.24) is 0 Å². The first-order valence-corrected chi connectivity index (χ1v) is 7.64. The molecule has 5 heteroatoms.